The normalized spacial score (nSPS) is 10.5. The van der Waals surface area contributed by atoms with Gasteiger partial charge in [-0.15, -0.1) is 11.3 Å². The van der Waals surface area contributed by atoms with E-state index in [2.05, 4.69) is 15.0 Å². The van der Waals surface area contributed by atoms with E-state index < -0.39 is 5.97 Å². The molecule has 0 atom stereocenters. The number of anilines is 2. The number of ether oxygens (including phenoxy) is 1. The predicted octanol–water partition coefficient (Wildman–Crippen LogP) is 3.94. The van der Waals surface area contributed by atoms with Gasteiger partial charge >= 0.3 is 5.97 Å². The molecular formula is C18H15ClN4O3S. The molecule has 0 saturated heterocycles. The smallest absolute Gasteiger partial charge is 0.358 e. The number of hydrogen-bond donors (Lipinski definition) is 0. The summed E-state index contributed by atoms with van der Waals surface area (Å²) in [6, 6.07) is 6.93. The molecule has 0 radical (unpaired) electrons. The Kier molecular flexibility index (Phi) is 5.78. The molecule has 138 valence electrons. The van der Waals surface area contributed by atoms with Gasteiger partial charge in [0.05, 0.1) is 23.3 Å². The van der Waals surface area contributed by atoms with E-state index >= 15 is 0 Å². The van der Waals surface area contributed by atoms with Crippen LogP contribution in [0.3, 0.4) is 0 Å². The highest BCUT2D eigenvalue weighted by Gasteiger charge is 2.19. The minimum Gasteiger partial charge on any atom is -0.454 e. The number of aromatic nitrogens is 3. The van der Waals surface area contributed by atoms with Crippen molar-refractivity contribution in [1.82, 2.24) is 15.0 Å². The van der Waals surface area contributed by atoms with Gasteiger partial charge in [0.1, 0.15) is 6.61 Å². The zero-order chi connectivity index (χ0) is 19.4. The van der Waals surface area contributed by atoms with Crippen LogP contribution in [0.15, 0.2) is 42.0 Å². The van der Waals surface area contributed by atoms with Crippen molar-refractivity contribution in [3.63, 3.8) is 0 Å². The molecule has 3 aromatic rings. The maximum atomic E-state index is 12.1. The molecule has 0 spiro atoms. The molecule has 9 heteroatoms. The minimum atomic E-state index is -0.588. The number of amides is 1. The maximum absolute atomic E-state index is 12.1. The highest BCUT2D eigenvalue weighted by atomic mass is 35.5. The fourth-order valence-electron chi connectivity index (χ4n) is 2.22. The van der Waals surface area contributed by atoms with Crippen LogP contribution in [0.1, 0.15) is 28.8 Å². The van der Waals surface area contributed by atoms with Gasteiger partial charge in [0.25, 0.3) is 0 Å². The molecule has 2 heterocycles. The molecule has 7 nitrogen and oxygen atoms in total. The fraction of sp³-hybridized carbons (Fsp3) is 0.167. The molecule has 27 heavy (non-hydrogen) atoms. The van der Waals surface area contributed by atoms with Crippen LogP contribution in [0.4, 0.5) is 10.8 Å². The molecule has 2 aromatic heterocycles. The summed E-state index contributed by atoms with van der Waals surface area (Å²) >= 11 is 7.28. The SMILES string of the molecule is CC(=O)N(c1cccc(Cl)c1)c1nc(COC(=O)c2cnc(C)cn2)cs1. The molecule has 0 aliphatic heterocycles. The van der Waals surface area contributed by atoms with Crippen molar-refractivity contribution >= 4 is 45.6 Å². The van der Waals surface area contributed by atoms with Crippen molar-refractivity contribution in [3.05, 3.63) is 64.1 Å². The zero-order valence-corrected chi connectivity index (χ0v) is 16.1. The van der Waals surface area contributed by atoms with Crippen LogP contribution in [0, 0.1) is 6.92 Å². The Balaban J connectivity index is 1.72. The Bertz CT molecular complexity index is 975. The first-order valence-electron chi connectivity index (χ1n) is 7.90. The van der Waals surface area contributed by atoms with Gasteiger partial charge in [-0.25, -0.2) is 14.8 Å². The number of benzene rings is 1. The maximum Gasteiger partial charge on any atom is 0.358 e. The Labute approximate surface area is 164 Å². The lowest BCUT2D eigenvalue weighted by Gasteiger charge is -2.18. The largest absolute Gasteiger partial charge is 0.454 e. The summed E-state index contributed by atoms with van der Waals surface area (Å²) in [6.07, 6.45) is 2.86. The molecule has 1 aromatic carbocycles. The molecule has 0 saturated carbocycles. The van der Waals surface area contributed by atoms with Crippen molar-refractivity contribution in [2.24, 2.45) is 0 Å². The zero-order valence-electron chi connectivity index (χ0n) is 14.5. The van der Waals surface area contributed by atoms with E-state index in [-0.39, 0.29) is 18.2 Å². The third-order valence-electron chi connectivity index (χ3n) is 3.45. The van der Waals surface area contributed by atoms with Gasteiger partial charge in [-0.3, -0.25) is 14.7 Å². The standard InChI is InChI=1S/C18H15ClN4O3S/c1-11-7-21-16(8-20-11)17(25)26-9-14-10-27-18(22-14)23(12(2)24)15-5-3-4-13(19)6-15/h3-8,10H,9H2,1-2H3. The highest BCUT2D eigenvalue weighted by molar-refractivity contribution is 7.14. The van der Waals surface area contributed by atoms with Gasteiger partial charge < -0.3 is 4.74 Å². The fourth-order valence-corrected chi connectivity index (χ4v) is 3.27. The highest BCUT2D eigenvalue weighted by Crippen LogP contribution is 2.30. The summed E-state index contributed by atoms with van der Waals surface area (Å²) in [5.41, 5.74) is 1.97. The second-order valence-corrected chi connectivity index (χ2v) is 6.85. The second-order valence-electron chi connectivity index (χ2n) is 5.57. The molecule has 0 aliphatic carbocycles. The molecule has 1 amide bonds. The van der Waals surface area contributed by atoms with E-state index in [0.29, 0.717) is 27.2 Å². The van der Waals surface area contributed by atoms with Gasteiger partial charge in [-0.1, -0.05) is 17.7 Å². The van der Waals surface area contributed by atoms with Crippen LogP contribution in [-0.4, -0.2) is 26.8 Å². The Morgan fingerprint density at radius 1 is 1.26 bits per heavy atom. The average Bonchev–Trinajstić information content (AvgIpc) is 3.08. The topological polar surface area (TPSA) is 85.3 Å². The summed E-state index contributed by atoms with van der Waals surface area (Å²) < 4.78 is 5.21. The van der Waals surface area contributed by atoms with Crippen LogP contribution < -0.4 is 4.90 Å². The Morgan fingerprint density at radius 3 is 2.74 bits per heavy atom. The van der Waals surface area contributed by atoms with Gasteiger partial charge in [0, 0.05) is 23.5 Å². The summed E-state index contributed by atoms with van der Waals surface area (Å²) in [7, 11) is 0. The molecule has 0 bridgehead atoms. The predicted molar refractivity (Wildman–Crippen MR) is 102 cm³/mol. The van der Waals surface area contributed by atoms with Crippen molar-refractivity contribution in [2.75, 3.05) is 4.90 Å². The lowest BCUT2D eigenvalue weighted by Crippen LogP contribution is -2.22. The number of nitrogens with zero attached hydrogens (tertiary/aromatic N) is 4. The first kappa shape index (κ1) is 18.9. The van der Waals surface area contributed by atoms with Crippen LogP contribution in [0.5, 0.6) is 0 Å². The lowest BCUT2D eigenvalue weighted by atomic mass is 10.3. The van der Waals surface area contributed by atoms with E-state index in [1.54, 1.807) is 36.6 Å². The first-order valence-corrected chi connectivity index (χ1v) is 9.16. The van der Waals surface area contributed by atoms with Crippen LogP contribution in [0.2, 0.25) is 5.02 Å². The summed E-state index contributed by atoms with van der Waals surface area (Å²) in [6.45, 7) is 3.18. The van der Waals surface area contributed by atoms with E-state index in [1.165, 1.54) is 35.6 Å². The lowest BCUT2D eigenvalue weighted by molar-refractivity contribution is -0.115. The van der Waals surface area contributed by atoms with Gasteiger partial charge in [0.15, 0.2) is 10.8 Å². The van der Waals surface area contributed by atoms with Crippen molar-refractivity contribution in [3.8, 4) is 0 Å². The molecule has 0 N–H and O–H groups in total. The average molecular weight is 403 g/mol. The van der Waals surface area contributed by atoms with E-state index in [1.807, 2.05) is 0 Å². The monoisotopic (exact) mass is 402 g/mol. The number of esters is 1. The van der Waals surface area contributed by atoms with Crippen molar-refractivity contribution in [2.45, 2.75) is 20.5 Å². The third kappa shape index (κ3) is 4.66. The summed E-state index contributed by atoms with van der Waals surface area (Å²) in [5.74, 6) is -0.791. The molecule has 0 aliphatic rings. The minimum absolute atomic E-state index is 0.0355. The Hall–Kier alpha value is -2.84. The molecule has 3 rings (SSSR count). The molecule has 0 fully saturated rings. The number of halogens is 1. The summed E-state index contributed by atoms with van der Waals surface area (Å²) in [4.78, 5) is 37.9. The Morgan fingerprint density at radius 2 is 2.07 bits per heavy atom. The summed E-state index contributed by atoms with van der Waals surface area (Å²) in [5, 5.41) is 2.71. The van der Waals surface area contributed by atoms with Crippen LogP contribution >= 0.6 is 22.9 Å². The van der Waals surface area contributed by atoms with Crippen LogP contribution in [0.25, 0.3) is 0 Å². The van der Waals surface area contributed by atoms with Gasteiger partial charge in [0.2, 0.25) is 5.91 Å². The number of carbonyl (C=O) groups is 2. The number of thiazole rings is 1. The van der Waals surface area contributed by atoms with Gasteiger partial charge in [-0.2, -0.15) is 0 Å². The van der Waals surface area contributed by atoms with Crippen molar-refractivity contribution in [1.29, 1.82) is 0 Å². The molecule has 0 unspecified atom stereocenters. The van der Waals surface area contributed by atoms with E-state index in [9.17, 15) is 9.59 Å². The van der Waals surface area contributed by atoms with Crippen LogP contribution in [-0.2, 0) is 16.1 Å². The molecular weight excluding hydrogens is 388 g/mol. The number of carbonyl (C=O) groups excluding carboxylic acids is 2. The van der Waals surface area contributed by atoms with Crippen molar-refractivity contribution < 1.29 is 14.3 Å². The quantitative estimate of drug-likeness (QED) is 0.601. The van der Waals surface area contributed by atoms with Gasteiger partial charge in [-0.05, 0) is 25.1 Å². The number of hydrogen-bond acceptors (Lipinski definition) is 7. The van der Waals surface area contributed by atoms with E-state index in [4.69, 9.17) is 16.3 Å². The van der Waals surface area contributed by atoms with E-state index in [0.717, 1.165) is 0 Å². The first-order chi connectivity index (χ1) is 12.9. The number of rotatable bonds is 5. The number of aryl methyl sites for hydroxylation is 1. The third-order valence-corrected chi connectivity index (χ3v) is 4.56. The second kappa shape index (κ2) is 8.24.